The summed E-state index contributed by atoms with van der Waals surface area (Å²) < 4.78 is 0. The SMILES string of the molecule is CCCCCCCC[C@@H]1N=C(C)[C@H](CC)S1. The molecule has 0 radical (unpaired) electrons. The molecule has 1 nitrogen and oxygen atoms in total. The Hall–Kier alpha value is 0.0200. The van der Waals surface area contributed by atoms with E-state index in [-0.39, 0.29) is 0 Å². The van der Waals surface area contributed by atoms with Crippen molar-refractivity contribution >= 4 is 17.5 Å². The number of hydrogen-bond donors (Lipinski definition) is 0. The predicted octanol–water partition coefficient (Wildman–Crippen LogP) is 5.05. The number of nitrogens with zero attached hydrogens (tertiary/aromatic N) is 1. The first-order chi connectivity index (χ1) is 7.77. The van der Waals surface area contributed by atoms with Crippen LogP contribution in [0.15, 0.2) is 4.99 Å². The topological polar surface area (TPSA) is 12.4 Å². The zero-order valence-electron chi connectivity index (χ0n) is 11.2. The highest BCUT2D eigenvalue weighted by Crippen LogP contribution is 2.32. The monoisotopic (exact) mass is 241 g/mol. The summed E-state index contributed by atoms with van der Waals surface area (Å²) in [4.78, 5) is 4.75. The van der Waals surface area contributed by atoms with E-state index in [1.807, 2.05) is 0 Å². The molecule has 0 fully saturated rings. The van der Waals surface area contributed by atoms with E-state index < -0.39 is 0 Å². The van der Waals surface area contributed by atoms with Crippen LogP contribution in [0, 0.1) is 0 Å². The van der Waals surface area contributed by atoms with Crippen LogP contribution in [0.2, 0.25) is 0 Å². The summed E-state index contributed by atoms with van der Waals surface area (Å²) >= 11 is 2.08. The Morgan fingerprint density at radius 2 is 1.75 bits per heavy atom. The molecular weight excluding hydrogens is 214 g/mol. The summed E-state index contributed by atoms with van der Waals surface area (Å²) in [5.74, 6) is 0. The van der Waals surface area contributed by atoms with Gasteiger partial charge in [0.1, 0.15) is 0 Å². The summed E-state index contributed by atoms with van der Waals surface area (Å²) in [5.41, 5.74) is 1.38. The molecule has 0 aliphatic carbocycles. The van der Waals surface area contributed by atoms with E-state index in [1.165, 1.54) is 57.1 Å². The second kappa shape index (κ2) is 8.16. The molecule has 94 valence electrons. The maximum atomic E-state index is 4.75. The molecule has 1 aliphatic rings. The van der Waals surface area contributed by atoms with Crippen molar-refractivity contribution in [3.05, 3.63) is 0 Å². The van der Waals surface area contributed by atoms with Crippen molar-refractivity contribution in [3.63, 3.8) is 0 Å². The number of aliphatic imine (C=N–C) groups is 1. The molecule has 16 heavy (non-hydrogen) atoms. The molecular formula is C14H27NS. The Balaban J connectivity index is 2.02. The lowest BCUT2D eigenvalue weighted by atomic mass is 10.1. The van der Waals surface area contributed by atoms with Crippen molar-refractivity contribution in [2.24, 2.45) is 4.99 Å². The molecule has 0 saturated heterocycles. The molecule has 2 heteroatoms. The van der Waals surface area contributed by atoms with Crippen molar-refractivity contribution in [2.45, 2.75) is 82.8 Å². The Kier molecular flexibility index (Phi) is 7.18. The van der Waals surface area contributed by atoms with E-state index in [0.717, 1.165) is 0 Å². The highest BCUT2D eigenvalue weighted by atomic mass is 32.2. The molecule has 0 aromatic carbocycles. The fourth-order valence-corrected chi connectivity index (χ4v) is 3.61. The Labute approximate surface area is 105 Å². The highest BCUT2D eigenvalue weighted by molar-refractivity contribution is 8.01. The van der Waals surface area contributed by atoms with Crippen molar-refractivity contribution in [1.82, 2.24) is 0 Å². The van der Waals surface area contributed by atoms with Gasteiger partial charge in [-0.25, -0.2) is 0 Å². The molecule has 0 spiro atoms. The third kappa shape index (κ3) is 4.90. The zero-order chi connectivity index (χ0) is 11.8. The van der Waals surface area contributed by atoms with Crippen LogP contribution in [0.1, 0.15) is 72.1 Å². The minimum Gasteiger partial charge on any atom is -0.279 e. The second-order valence-corrected chi connectivity index (χ2v) is 6.20. The molecule has 1 aliphatic heterocycles. The van der Waals surface area contributed by atoms with E-state index in [0.29, 0.717) is 10.6 Å². The maximum absolute atomic E-state index is 4.75. The van der Waals surface area contributed by atoms with Crippen LogP contribution < -0.4 is 0 Å². The van der Waals surface area contributed by atoms with Crippen molar-refractivity contribution in [3.8, 4) is 0 Å². The first-order valence-electron chi connectivity index (χ1n) is 6.97. The minimum atomic E-state index is 0.580. The molecule has 1 heterocycles. The van der Waals surface area contributed by atoms with Gasteiger partial charge in [0.25, 0.3) is 0 Å². The van der Waals surface area contributed by atoms with Crippen LogP contribution in [-0.4, -0.2) is 16.3 Å². The molecule has 1 rings (SSSR count). The lowest BCUT2D eigenvalue weighted by molar-refractivity contribution is 0.586. The third-order valence-corrected chi connectivity index (χ3v) is 4.97. The average Bonchev–Trinajstić information content (AvgIpc) is 2.64. The Morgan fingerprint density at radius 3 is 2.38 bits per heavy atom. The van der Waals surface area contributed by atoms with Gasteiger partial charge in [0, 0.05) is 11.0 Å². The van der Waals surface area contributed by atoms with Gasteiger partial charge in [0.15, 0.2) is 0 Å². The van der Waals surface area contributed by atoms with E-state index in [4.69, 9.17) is 4.99 Å². The summed E-state index contributed by atoms with van der Waals surface area (Å²) in [6.07, 6.45) is 10.9. The Bertz CT molecular complexity index is 213. The lowest BCUT2D eigenvalue weighted by Crippen LogP contribution is -2.06. The van der Waals surface area contributed by atoms with Crippen LogP contribution in [0.3, 0.4) is 0 Å². The fraction of sp³-hybridized carbons (Fsp3) is 0.929. The third-order valence-electron chi connectivity index (χ3n) is 3.31. The lowest BCUT2D eigenvalue weighted by Gasteiger charge is -2.08. The average molecular weight is 241 g/mol. The van der Waals surface area contributed by atoms with Crippen molar-refractivity contribution in [1.29, 1.82) is 0 Å². The van der Waals surface area contributed by atoms with E-state index >= 15 is 0 Å². The summed E-state index contributed by atoms with van der Waals surface area (Å²) in [6.45, 7) is 6.74. The molecule has 2 atom stereocenters. The summed E-state index contributed by atoms with van der Waals surface area (Å²) in [5, 5.41) is 1.29. The second-order valence-electron chi connectivity index (χ2n) is 4.81. The van der Waals surface area contributed by atoms with Gasteiger partial charge in [-0.15, -0.1) is 11.8 Å². The number of hydrogen-bond acceptors (Lipinski definition) is 2. The molecule has 0 N–H and O–H groups in total. The molecule has 0 unspecified atom stereocenters. The van der Waals surface area contributed by atoms with Gasteiger partial charge in [-0.05, 0) is 19.8 Å². The minimum absolute atomic E-state index is 0.580. The van der Waals surface area contributed by atoms with Gasteiger partial charge >= 0.3 is 0 Å². The maximum Gasteiger partial charge on any atom is 0.0957 e. The smallest absolute Gasteiger partial charge is 0.0957 e. The number of thioether (sulfide) groups is 1. The molecule has 0 aromatic rings. The van der Waals surface area contributed by atoms with Gasteiger partial charge in [-0.3, -0.25) is 4.99 Å². The van der Waals surface area contributed by atoms with Gasteiger partial charge < -0.3 is 0 Å². The highest BCUT2D eigenvalue weighted by Gasteiger charge is 2.23. The molecule has 0 amide bonds. The predicted molar refractivity (Wildman–Crippen MR) is 76.6 cm³/mol. The van der Waals surface area contributed by atoms with Crippen LogP contribution in [-0.2, 0) is 0 Å². The number of rotatable bonds is 8. The fourth-order valence-electron chi connectivity index (χ4n) is 2.25. The molecule has 0 aromatic heterocycles. The van der Waals surface area contributed by atoms with Crippen LogP contribution >= 0.6 is 11.8 Å². The first kappa shape index (κ1) is 14.1. The van der Waals surface area contributed by atoms with Crippen LogP contribution in [0.5, 0.6) is 0 Å². The van der Waals surface area contributed by atoms with Crippen molar-refractivity contribution < 1.29 is 0 Å². The van der Waals surface area contributed by atoms with E-state index in [2.05, 4.69) is 32.5 Å². The van der Waals surface area contributed by atoms with Gasteiger partial charge in [0.2, 0.25) is 0 Å². The number of unbranched alkanes of at least 4 members (excludes halogenated alkanes) is 5. The first-order valence-corrected chi connectivity index (χ1v) is 7.92. The molecule has 0 saturated carbocycles. The van der Waals surface area contributed by atoms with E-state index in [9.17, 15) is 0 Å². The largest absolute Gasteiger partial charge is 0.279 e. The zero-order valence-corrected chi connectivity index (χ0v) is 12.0. The van der Waals surface area contributed by atoms with Gasteiger partial charge in [-0.2, -0.15) is 0 Å². The van der Waals surface area contributed by atoms with Crippen LogP contribution in [0.4, 0.5) is 0 Å². The normalized spacial score (nSPS) is 24.8. The van der Waals surface area contributed by atoms with Gasteiger partial charge in [0.05, 0.1) is 5.37 Å². The Morgan fingerprint density at radius 1 is 1.06 bits per heavy atom. The van der Waals surface area contributed by atoms with E-state index in [1.54, 1.807) is 0 Å². The van der Waals surface area contributed by atoms with Gasteiger partial charge in [-0.1, -0.05) is 52.4 Å². The van der Waals surface area contributed by atoms with Crippen molar-refractivity contribution in [2.75, 3.05) is 0 Å². The standard InChI is InChI=1S/C14H27NS/c1-4-6-7-8-9-10-11-14-15-12(3)13(5-2)16-14/h13-14H,4-11H2,1-3H3/t13-,14+/m0/s1. The van der Waals surface area contributed by atoms with Crippen LogP contribution in [0.25, 0.3) is 0 Å². The summed E-state index contributed by atoms with van der Waals surface area (Å²) in [6, 6.07) is 0. The molecule has 0 bridgehead atoms. The quantitative estimate of drug-likeness (QED) is 0.542. The summed E-state index contributed by atoms with van der Waals surface area (Å²) in [7, 11) is 0.